The summed E-state index contributed by atoms with van der Waals surface area (Å²) in [7, 11) is 1.52. The van der Waals surface area contributed by atoms with Gasteiger partial charge in [-0.2, -0.15) is 0 Å². The summed E-state index contributed by atoms with van der Waals surface area (Å²) in [6.45, 7) is 3.65. The molecule has 3 amide bonds. The van der Waals surface area contributed by atoms with Crippen molar-refractivity contribution < 1.29 is 28.2 Å². The van der Waals surface area contributed by atoms with Crippen molar-refractivity contribution in [2.45, 2.75) is 13.0 Å². The Balaban J connectivity index is 1.52. The molecule has 1 fully saturated rings. The highest BCUT2D eigenvalue weighted by molar-refractivity contribution is 9.10. The van der Waals surface area contributed by atoms with Crippen LogP contribution >= 0.6 is 27.7 Å². The third kappa shape index (κ3) is 7.15. The van der Waals surface area contributed by atoms with Crippen molar-refractivity contribution in [3.05, 3.63) is 105 Å². The van der Waals surface area contributed by atoms with Gasteiger partial charge in [-0.25, -0.2) is 4.39 Å². The summed E-state index contributed by atoms with van der Waals surface area (Å²) in [5, 5.41) is 1.91. The van der Waals surface area contributed by atoms with Gasteiger partial charge in [-0.05, 0) is 77.9 Å². The number of anilines is 1. The molecule has 7 nitrogen and oxygen atoms in total. The second-order valence-corrected chi connectivity index (χ2v) is 10.4. The molecule has 1 aliphatic heterocycles. The quantitative estimate of drug-likeness (QED) is 0.206. The molecule has 0 aliphatic carbocycles. The molecule has 0 spiro atoms. The number of carbonyl (C=O) groups excluding carboxylic acids is 3. The number of hydrogen-bond acceptors (Lipinski definition) is 6. The van der Waals surface area contributed by atoms with Crippen LogP contribution in [0.2, 0.25) is 0 Å². The zero-order valence-corrected chi connectivity index (χ0v) is 23.3. The Morgan fingerprint density at radius 2 is 1.92 bits per heavy atom. The molecule has 0 saturated carbocycles. The average molecular weight is 611 g/mol. The molecule has 0 unspecified atom stereocenters. The van der Waals surface area contributed by atoms with Gasteiger partial charge in [0.1, 0.15) is 19.0 Å². The molecular formula is C29H24BrFN2O5S. The Hall–Kier alpha value is -3.89. The largest absolute Gasteiger partial charge is 0.493 e. The van der Waals surface area contributed by atoms with Crippen LogP contribution in [-0.4, -0.2) is 35.6 Å². The minimum Gasteiger partial charge on any atom is -0.493 e. The van der Waals surface area contributed by atoms with Crippen molar-refractivity contribution in [2.75, 3.05) is 19.0 Å². The van der Waals surface area contributed by atoms with Crippen molar-refractivity contribution in [2.24, 2.45) is 0 Å². The van der Waals surface area contributed by atoms with E-state index in [1.54, 1.807) is 18.2 Å². The van der Waals surface area contributed by atoms with E-state index < -0.39 is 29.4 Å². The van der Waals surface area contributed by atoms with Gasteiger partial charge in [-0.15, -0.1) is 6.58 Å². The predicted octanol–water partition coefficient (Wildman–Crippen LogP) is 6.58. The minimum atomic E-state index is -0.619. The first kappa shape index (κ1) is 28.1. The van der Waals surface area contributed by atoms with Crippen LogP contribution in [0.1, 0.15) is 16.7 Å². The predicted molar refractivity (Wildman–Crippen MR) is 153 cm³/mol. The average Bonchev–Trinajstić information content (AvgIpc) is 3.16. The van der Waals surface area contributed by atoms with Crippen molar-refractivity contribution >= 4 is 56.5 Å². The second kappa shape index (κ2) is 12.8. The molecule has 0 atom stereocenters. The fourth-order valence-corrected chi connectivity index (χ4v) is 4.93. The number of nitrogens with one attached hydrogen (secondary N) is 1. The van der Waals surface area contributed by atoms with Gasteiger partial charge >= 0.3 is 0 Å². The summed E-state index contributed by atoms with van der Waals surface area (Å²) in [5.74, 6) is -0.713. The van der Waals surface area contributed by atoms with E-state index in [2.05, 4.69) is 27.8 Å². The molecule has 1 N–H and O–H groups in total. The van der Waals surface area contributed by atoms with Crippen molar-refractivity contribution in [1.82, 2.24) is 4.90 Å². The van der Waals surface area contributed by atoms with Crippen molar-refractivity contribution in [1.29, 1.82) is 0 Å². The van der Waals surface area contributed by atoms with Gasteiger partial charge in [0.15, 0.2) is 11.5 Å². The van der Waals surface area contributed by atoms with Gasteiger partial charge < -0.3 is 14.8 Å². The van der Waals surface area contributed by atoms with E-state index in [-0.39, 0.29) is 10.6 Å². The van der Waals surface area contributed by atoms with Crippen LogP contribution in [-0.2, 0) is 22.6 Å². The number of rotatable bonds is 10. The second-order valence-electron chi connectivity index (χ2n) is 8.45. The van der Waals surface area contributed by atoms with Crippen LogP contribution in [0.5, 0.6) is 11.5 Å². The number of nitrogens with zero attached hydrogens (tertiary/aromatic N) is 1. The van der Waals surface area contributed by atoms with E-state index in [0.29, 0.717) is 30.1 Å². The lowest BCUT2D eigenvalue weighted by molar-refractivity contribution is -0.127. The van der Waals surface area contributed by atoms with Crippen LogP contribution in [0.25, 0.3) is 6.08 Å². The molecule has 1 heterocycles. The summed E-state index contributed by atoms with van der Waals surface area (Å²) in [6, 6.07) is 16.7. The molecule has 0 bridgehead atoms. The number of carbonyl (C=O) groups is 3. The molecule has 10 heteroatoms. The van der Waals surface area contributed by atoms with Crippen molar-refractivity contribution in [3.63, 3.8) is 0 Å². The fourth-order valence-electron chi connectivity index (χ4n) is 3.82. The number of allylic oxidation sites excluding steroid dienone is 1. The Bertz CT molecular complexity index is 1460. The van der Waals surface area contributed by atoms with Gasteiger partial charge in [0.05, 0.1) is 12.0 Å². The zero-order valence-electron chi connectivity index (χ0n) is 20.9. The molecule has 39 heavy (non-hydrogen) atoms. The standard InChI is InChI=1S/C29H24BrFN2O5S/c1-3-5-20-12-19(13-24(37-2)27(20)38-17-18-8-10-21(30)11-9-18)14-25-28(35)33(29(36)39-25)16-26(34)32-23-7-4-6-22(31)15-23/h3-4,6-15H,1,5,16-17H2,2H3,(H,32,34)/b25-14+. The van der Waals surface area contributed by atoms with Crippen LogP contribution in [0.15, 0.2) is 82.7 Å². The van der Waals surface area contributed by atoms with Gasteiger partial charge in [-0.1, -0.05) is 40.2 Å². The maximum atomic E-state index is 13.4. The van der Waals surface area contributed by atoms with Gasteiger partial charge in [-0.3, -0.25) is 19.3 Å². The van der Waals surface area contributed by atoms with Crippen LogP contribution < -0.4 is 14.8 Å². The number of hydrogen-bond donors (Lipinski definition) is 1. The minimum absolute atomic E-state index is 0.161. The Kier molecular flexibility index (Phi) is 9.21. The van der Waals surface area contributed by atoms with Crippen LogP contribution in [0, 0.1) is 5.82 Å². The number of amides is 3. The lowest BCUT2D eigenvalue weighted by Gasteiger charge is -2.16. The number of methoxy groups -OCH3 is 1. The molecule has 0 radical (unpaired) electrons. The summed E-state index contributed by atoms with van der Waals surface area (Å²) >= 11 is 4.16. The van der Waals surface area contributed by atoms with Crippen LogP contribution in [0.3, 0.4) is 0 Å². The first-order valence-electron chi connectivity index (χ1n) is 11.8. The lowest BCUT2D eigenvalue weighted by atomic mass is 10.0. The molecule has 1 saturated heterocycles. The first-order chi connectivity index (χ1) is 18.8. The number of benzene rings is 3. The van der Waals surface area contributed by atoms with Crippen molar-refractivity contribution in [3.8, 4) is 11.5 Å². The van der Waals surface area contributed by atoms with E-state index >= 15 is 0 Å². The molecule has 0 aromatic heterocycles. The first-order valence-corrected chi connectivity index (χ1v) is 13.4. The summed E-state index contributed by atoms with van der Waals surface area (Å²) < 4.78 is 26.1. The monoisotopic (exact) mass is 610 g/mol. The number of halogens is 2. The van der Waals surface area contributed by atoms with Gasteiger partial charge in [0, 0.05) is 15.7 Å². The summed E-state index contributed by atoms with van der Waals surface area (Å²) in [5.41, 5.74) is 2.62. The number of ether oxygens (including phenoxy) is 2. The van der Waals surface area contributed by atoms with E-state index in [0.717, 1.165) is 38.3 Å². The third-order valence-corrected chi connectivity index (χ3v) is 7.05. The summed E-state index contributed by atoms with van der Waals surface area (Å²) in [6.07, 6.45) is 3.79. The highest BCUT2D eigenvalue weighted by atomic mass is 79.9. The number of thioether (sulfide) groups is 1. The summed E-state index contributed by atoms with van der Waals surface area (Å²) in [4.78, 5) is 38.9. The molecule has 200 valence electrons. The highest BCUT2D eigenvalue weighted by Crippen LogP contribution is 2.37. The number of imide groups is 1. The van der Waals surface area contributed by atoms with E-state index in [9.17, 15) is 18.8 Å². The zero-order chi connectivity index (χ0) is 27.9. The SMILES string of the molecule is C=CCc1cc(/C=C2/SC(=O)N(CC(=O)Nc3cccc(F)c3)C2=O)cc(OC)c1OCc1ccc(Br)cc1. The topological polar surface area (TPSA) is 84.9 Å². The van der Waals surface area contributed by atoms with E-state index in [1.165, 1.54) is 25.3 Å². The van der Waals surface area contributed by atoms with Gasteiger partial charge in [0.25, 0.3) is 11.1 Å². The molecule has 4 rings (SSSR count). The Labute approximate surface area is 237 Å². The maximum Gasteiger partial charge on any atom is 0.294 e. The molecule has 3 aromatic rings. The Morgan fingerprint density at radius 3 is 2.62 bits per heavy atom. The fraction of sp³-hybridized carbons (Fsp3) is 0.138. The van der Waals surface area contributed by atoms with Gasteiger partial charge in [0.2, 0.25) is 5.91 Å². The van der Waals surface area contributed by atoms with Crippen LogP contribution in [0.4, 0.5) is 14.9 Å². The van der Waals surface area contributed by atoms with E-state index in [4.69, 9.17) is 9.47 Å². The Morgan fingerprint density at radius 1 is 1.15 bits per heavy atom. The normalized spacial score (nSPS) is 14.0. The lowest BCUT2D eigenvalue weighted by Crippen LogP contribution is -2.36. The maximum absolute atomic E-state index is 13.4. The third-order valence-electron chi connectivity index (χ3n) is 5.62. The molecule has 3 aromatic carbocycles. The molecular weight excluding hydrogens is 587 g/mol. The highest BCUT2D eigenvalue weighted by Gasteiger charge is 2.36. The smallest absolute Gasteiger partial charge is 0.294 e. The van der Waals surface area contributed by atoms with E-state index in [1.807, 2.05) is 30.3 Å². The molecule has 1 aliphatic rings.